The average Bonchev–Trinajstić information content (AvgIpc) is 3.04. The maximum Gasteiger partial charge on any atom is 0.316 e. The molecule has 0 saturated carbocycles. The molecule has 0 amide bonds. The van der Waals surface area contributed by atoms with E-state index in [0.29, 0.717) is 22.8 Å². The first kappa shape index (κ1) is 20.6. The average molecular weight is 394 g/mol. The molecule has 3 rings (SSSR count). The van der Waals surface area contributed by atoms with Crippen LogP contribution in [0.4, 0.5) is 0 Å². The zero-order valence-corrected chi connectivity index (χ0v) is 17.7. The van der Waals surface area contributed by atoms with Crippen molar-refractivity contribution in [1.82, 2.24) is 0 Å². The summed E-state index contributed by atoms with van der Waals surface area (Å²) in [5, 5.41) is 0.836. The SMILES string of the molecule is CC(C)(C)C(=O)Oc1ccc(-c2cc3cc(OC(=O)C(C)(C)C)ccc3o2)cc1. The summed E-state index contributed by atoms with van der Waals surface area (Å²) in [6.07, 6.45) is 0. The van der Waals surface area contributed by atoms with Crippen LogP contribution >= 0.6 is 0 Å². The van der Waals surface area contributed by atoms with Gasteiger partial charge in [-0.05, 0) is 90.1 Å². The quantitative estimate of drug-likeness (QED) is 0.402. The fourth-order valence-electron chi connectivity index (χ4n) is 2.43. The number of hydrogen-bond acceptors (Lipinski definition) is 5. The molecule has 0 unspecified atom stereocenters. The van der Waals surface area contributed by atoms with Gasteiger partial charge in [0.15, 0.2) is 0 Å². The molecule has 0 radical (unpaired) electrons. The molecule has 29 heavy (non-hydrogen) atoms. The first-order chi connectivity index (χ1) is 13.4. The highest BCUT2D eigenvalue weighted by Gasteiger charge is 2.24. The molecule has 152 valence electrons. The lowest BCUT2D eigenvalue weighted by Crippen LogP contribution is -2.25. The number of rotatable bonds is 3. The van der Waals surface area contributed by atoms with E-state index in [9.17, 15) is 9.59 Å². The first-order valence-corrected chi connectivity index (χ1v) is 9.52. The predicted molar refractivity (Wildman–Crippen MR) is 112 cm³/mol. The Morgan fingerprint density at radius 3 is 1.79 bits per heavy atom. The monoisotopic (exact) mass is 394 g/mol. The van der Waals surface area contributed by atoms with Crippen LogP contribution in [0, 0.1) is 10.8 Å². The number of benzene rings is 2. The van der Waals surface area contributed by atoms with E-state index in [1.54, 1.807) is 30.3 Å². The summed E-state index contributed by atoms with van der Waals surface area (Å²) < 4.78 is 16.8. The van der Waals surface area contributed by atoms with Gasteiger partial charge in [0.25, 0.3) is 0 Å². The number of carbonyl (C=O) groups is 2. The third kappa shape index (κ3) is 4.86. The Labute approximate surface area is 170 Å². The van der Waals surface area contributed by atoms with Crippen LogP contribution < -0.4 is 9.47 Å². The van der Waals surface area contributed by atoms with E-state index >= 15 is 0 Å². The molecular formula is C24H26O5. The predicted octanol–water partition coefficient (Wildman–Crippen LogP) is 6.00. The molecule has 5 nitrogen and oxygen atoms in total. The van der Waals surface area contributed by atoms with Crippen molar-refractivity contribution in [3.05, 3.63) is 48.5 Å². The minimum absolute atomic E-state index is 0.286. The van der Waals surface area contributed by atoms with Gasteiger partial charge in [0.1, 0.15) is 22.8 Å². The minimum Gasteiger partial charge on any atom is -0.456 e. The molecule has 1 aromatic heterocycles. The molecule has 0 aliphatic carbocycles. The lowest BCUT2D eigenvalue weighted by molar-refractivity contribution is -0.143. The van der Waals surface area contributed by atoms with Crippen LogP contribution in [0.3, 0.4) is 0 Å². The first-order valence-electron chi connectivity index (χ1n) is 9.52. The fourth-order valence-corrected chi connectivity index (χ4v) is 2.43. The molecule has 0 N–H and O–H groups in total. The summed E-state index contributed by atoms with van der Waals surface area (Å²) in [7, 11) is 0. The zero-order chi connectivity index (χ0) is 21.4. The van der Waals surface area contributed by atoms with E-state index in [1.807, 2.05) is 59.7 Å². The van der Waals surface area contributed by atoms with Gasteiger partial charge in [-0.15, -0.1) is 0 Å². The lowest BCUT2D eigenvalue weighted by Gasteiger charge is -2.16. The highest BCUT2D eigenvalue weighted by Crippen LogP contribution is 2.32. The normalized spacial score (nSPS) is 12.1. The Morgan fingerprint density at radius 2 is 1.24 bits per heavy atom. The molecule has 0 aliphatic rings. The Bertz CT molecular complexity index is 1040. The van der Waals surface area contributed by atoms with Gasteiger partial charge in [0.05, 0.1) is 10.8 Å². The van der Waals surface area contributed by atoms with Crippen molar-refractivity contribution in [2.45, 2.75) is 41.5 Å². The van der Waals surface area contributed by atoms with Crippen molar-refractivity contribution in [3.63, 3.8) is 0 Å². The molecule has 5 heteroatoms. The van der Waals surface area contributed by atoms with E-state index in [1.165, 1.54) is 0 Å². The lowest BCUT2D eigenvalue weighted by atomic mass is 9.97. The zero-order valence-electron chi connectivity index (χ0n) is 17.7. The van der Waals surface area contributed by atoms with Gasteiger partial charge in [0, 0.05) is 10.9 Å². The number of furan rings is 1. The van der Waals surface area contributed by atoms with Crippen LogP contribution in [0.25, 0.3) is 22.3 Å². The van der Waals surface area contributed by atoms with Gasteiger partial charge in [-0.25, -0.2) is 0 Å². The summed E-state index contributed by atoms with van der Waals surface area (Å²) in [4.78, 5) is 24.1. The molecule has 0 saturated heterocycles. The van der Waals surface area contributed by atoms with Crippen molar-refractivity contribution in [1.29, 1.82) is 0 Å². The van der Waals surface area contributed by atoms with Crippen LogP contribution in [0.1, 0.15) is 41.5 Å². The van der Waals surface area contributed by atoms with Crippen molar-refractivity contribution < 1.29 is 23.5 Å². The summed E-state index contributed by atoms with van der Waals surface area (Å²) in [5.41, 5.74) is 0.407. The molecule has 0 atom stereocenters. The van der Waals surface area contributed by atoms with Crippen molar-refractivity contribution in [2.24, 2.45) is 10.8 Å². The molecule has 2 aromatic carbocycles. The van der Waals surface area contributed by atoms with Gasteiger partial charge < -0.3 is 13.9 Å². The van der Waals surface area contributed by atoms with E-state index in [2.05, 4.69) is 0 Å². The Hall–Kier alpha value is -3.08. The second-order valence-corrected chi connectivity index (χ2v) is 9.11. The van der Waals surface area contributed by atoms with Crippen molar-refractivity contribution in [2.75, 3.05) is 0 Å². The van der Waals surface area contributed by atoms with E-state index in [-0.39, 0.29) is 11.9 Å². The van der Waals surface area contributed by atoms with Crippen LogP contribution in [0.2, 0.25) is 0 Å². The summed E-state index contributed by atoms with van der Waals surface area (Å²) in [5.74, 6) is 1.07. The number of hydrogen-bond donors (Lipinski definition) is 0. The fraction of sp³-hybridized carbons (Fsp3) is 0.333. The van der Waals surface area contributed by atoms with Gasteiger partial charge >= 0.3 is 11.9 Å². The van der Waals surface area contributed by atoms with Gasteiger partial charge in [-0.2, -0.15) is 0 Å². The highest BCUT2D eigenvalue weighted by atomic mass is 16.5. The van der Waals surface area contributed by atoms with Gasteiger partial charge in [0.2, 0.25) is 0 Å². The third-order valence-corrected chi connectivity index (χ3v) is 4.27. The largest absolute Gasteiger partial charge is 0.456 e. The van der Waals surface area contributed by atoms with Crippen molar-refractivity contribution in [3.8, 4) is 22.8 Å². The van der Waals surface area contributed by atoms with Crippen LogP contribution in [0.5, 0.6) is 11.5 Å². The number of carbonyl (C=O) groups excluding carboxylic acids is 2. The summed E-state index contributed by atoms with van der Waals surface area (Å²) >= 11 is 0. The Morgan fingerprint density at radius 1 is 0.724 bits per heavy atom. The maximum atomic E-state index is 12.1. The number of fused-ring (bicyclic) bond motifs is 1. The molecule has 0 spiro atoms. The van der Waals surface area contributed by atoms with Gasteiger partial charge in [-0.1, -0.05) is 0 Å². The molecule has 3 aromatic rings. The second-order valence-electron chi connectivity index (χ2n) is 9.11. The van der Waals surface area contributed by atoms with E-state index < -0.39 is 10.8 Å². The highest BCUT2D eigenvalue weighted by molar-refractivity contribution is 5.86. The Kier molecular flexibility index (Phi) is 5.26. The van der Waals surface area contributed by atoms with Crippen LogP contribution in [-0.2, 0) is 9.59 Å². The summed E-state index contributed by atoms with van der Waals surface area (Å²) in [6.45, 7) is 10.9. The third-order valence-electron chi connectivity index (χ3n) is 4.27. The number of esters is 2. The Balaban J connectivity index is 1.80. The second kappa shape index (κ2) is 7.39. The van der Waals surface area contributed by atoms with Crippen LogP contribution in [-0.4, -0.2) is 11.9 Å². The summed E-state index contributed by atoms with van der Waals surface area (Å²) in [6, 6.07) is 14.3. The maximum absolute atomic E-state index is 12.1. The molecule has 1 heterocycles. The molecule has 0 fully saturated rings. The molecule has 0 bridgehead atoms. The van der Waals surface area contributed by atoms with E-state index in [4.69, 9.17) is 13.9 Å². The van der Waals surface area contributed by atoms with Crippen LogP contribution in [0.15, 0.2) is 52.9 Å². The smallest absolute Gasteiger partial charge is 0.316 e. The molecular weight excluding hydrogens is 368 g/mol. The van der Waals surface area contributed by atoms with E-state index in [0.717, 1.165) is 10.9 Å². The standard InChI is InChI=1S/C24H26O5/c1-23(2,3)21(25)27-17-9-7-15(8-10-17)20-14-16-13-18(11-12-19(16)29-20)28-22(26)24(4,5)6/h7-14H,1-6H3. The van der Waals surface area contributed by atoms with Gasteiger partial charge in [-0.3, -0.25) is 9.59 Å². The topological polar surface area (TPSA) is 65.7 Å². The minimum atomic E-state index is -0.575. The van der Waals surface area contributed by atoms with Crippen molar-refractivity contribution >= 4 is 22.9 Å². The molecule has 0 aliphatic heterocycles. The number of ether oxygens (including phenoxy) is 2.